The molecule has 0 radical (unpaired) electrons. The molecule has 0 bridgehead atoms. The van der Waals surface area contributed by atoms with Crippen LogP contribution in [0.4, 0.5) is 0 Å². The molecule has 2 atom stereocenters. The van der Waals surface area contributed by atoms with Gasteiger partial charge >= 0.3 is 11.9 Å². The Morgan fingerprint density at radius 2 is 1.32 bits per heavy atom. The van der Waals surface area contributed by atoms with E-state index in [2.05, 4.69) is 9.47 Å². The molecule has 0 aliphatic carbocycles. The highest BCUT2D eigenvalue weighted by Gasteiger charge is 2.05. The van der Waals surface area contributed by atoms with Crippen molar-refractivity contribution in [2.24, 2.45) is 0 Å². The van der Waals surface area contributed by atoms with Crippen molar-refractivity contribution in [3.63, 3.8) is 0 Å². The number of aliphatic hydroxyl groups is 2. The summed E-state index contributed by atoms with van der Waals surface area (Å²) < 4.78 is 9.27. The van der Waals surface area contributed by atoms with Gasteiger partial charge < -0.3 is 19.7 Å². The Labute approximate surface area is 112 Å². The maximum atomic E-state index is 10.5. The maximum absolute atomic E-state index is 10.5. The van der Waals surface area contributed by atoms with Gasteiger partial charge in [0.05, 0.1) is 12.2 Å². The number of rotatable bonds is 8. The van der Waals surface area contributed by atoms with E-state index in [0.717, 1.165) is 0 Å². The van der Waals surface area contributed by atoms with Gasteiger partial charge in [-0.3, -0.25) is 9.59 Å². The Morgan fingerprint density at radius 3 is 1.63 bits per heavy atom. The van der Waals surface area contributed by atoms with Crippen molar-refractivity contribution >= 4 is 11.9 Å². The van der Waals surface area contributed by atoms with Crippen molar-refractivity contribution in [1.29, 1.82) is 0 Å². The molecule has 0 rings (SSSR count). The van der Waals surface area contributed by atoms with Gasteiger partial charge in [-0.1, -0.05) is 12.2 Å². The second-order valence-corrected chi connectivity index (χ2v) is 3.83. The molecule has 0 fully saturated rings. The highest BCUT2D eigenvalue weighted by atomic mass is 16.5. The zero-order valence-corrected chi connectivity index (χ0v) is 11.1. The van der Waals surface area contributed by atoms with Gasteiger partial charge in [0, 0.05) is 20.3 Å². The standard InChI is InChI=1S/C13H20O6/c1-10(14)18-7-3-5-12(16)9-13(17)6-4-8-19-11(2)15/h3-6,12-13,16-17H,7-9H2,1-2H3/b5-3+,6-4+/t12-,13-/m0/s1. The van der Waals surface area contributed by atoms with Gasteiger partial charge in [-0.05, 0) is 12.2 Å². The fourth-order valence-corrected chi connectivity index (χ4v) is 1.16. The van der Waals surface area contributed by atoms with Crippen molar-refractivity contribution in [2.45, 2.75) is 32.5 Å². The fourth-order valence-electron chi connectivity index (χ4n) is 1.16. The van der Waals surface area contributed by atoms with Crippen LogP contribution in [0.1, 0.15) is 20.3 Å². The number of ether oxygens (including phenoxy) is 2. The van der Waals surface area contributed by atoms with Gasteiger partial charge in [0.25, 0.3) is 0 Å². The lowest BCUT2D eigenvalue weighted by atomic mass is 10.1. The topological polar surface area (TPSA) is 93.1 Å². The summed E-state index contributed by atoms with van der Waals surface area (Å²) in [5, 5.41) is 19.0. The molecule has 0 aliphatic rings. The summed E-state index contributed by atoms with van der Waals surface area (Å²) in [6.45, 7) is 2.76. The van der Waals surface area contributed by atoms with Gasteiger partial charge in [0.15, 0.2) is 0 Å². The molecule has 0 aromatic carbocycles. The molecule has 0 saturated carbocycles. The smallest absolute Gasteiger partial charge is 0.302 e. The molecular formula is C13H20O6. The molecule has 0 aromatic heterocycles. The average Bonchev–Trinajstić information content (AvgIpc) is 2.30. The van der Waals surface area contributed by atoms with E-state index in [9.17, 15) is 19.8 Å². The maximum Gasteiger partial charge on any atom is 0.302 e. The van der Waals surface area contributed by atoms with Crippen LogP contribution in [0.15, 0.2) is 24.3 Å². The van der Waals surface area contributed by atoms with Crippen LogP contribution in [0.3, 0.4) is 0 Å². The Bertz CT molecular complexity index is 302. The minimum absolute atomic E-state index is 0.0881. The second-order valence-electron chi connectivity index (χ2n) is 3.83. The first-order valence-electron chi connectivity index (χ1n) is 5.88. The molecule has 0 unspecified atom stereocenters. The van der Waals surface area contributed by atoms with Gasteiger partial charge in [0.2, 0.25) is 0 Å². The highest BCUT2D eigenvalue weighted by molar-refractivity contribution is 5.66. The minimum Gasteiger partial charge on any atom is -0.462 e. The summed E-state index contributed by atoms with van der Waals surface area (Å²) in [6, 6.07) is 0. The summed E-state index contributed by atoms with van der Waals surface area (Å²) in [5.74, 6) is -0.792. The lowest BCUT2D eigenvalue weighted by Gasteiger charge is -2.09. The summed E-state index contributed by atoms with van der Waals surface area (Å²) in [7, 11) is 0. The van der Waals surface area contributed by atoms with E-state index < -0.39 is 24.1 Å². The first-order valence-corrected chi connectivity index (χ1v) is 5.88. The van der Waals surface area contributed by atoms with Crippen molar-refractivity contribution in [2.75, 3.05) is 13.2 Å². The Kier molecular flexibility index (Phi) is 9.38. The van der Waals surface area contributed by atoms with E-state index in [1.165, 1.54) is 38.2 Å². The van der Waals surface area contributed by atoms with Crippen LogP contribution in [-0.4, -0.2) is 47.6 Å². The second kappa shape index (κ2) is 10.3. The highest BCUT2D eigenvalue weighted by Crippen LogP contribution is 2.01. The van der Waals surface area contributed by atoms with Crippen LogP contribution in [-0.2, 0) is 19.1 Å². The first kappa shape index (κ1) is 17.3. The van der Waals surface area contributed by atoms with Crippen LogP contribution in [0.2, 0.25) is 0 Å². The third-order valence-corrected chi connectivity index (χ3v) is 1.97. The molecule has 6 heteroatoms. The molecule has 6 nitrogen and oxygen atoms in total. The zero-order chi connectivity index (χ0) is 14.7. The van der Waals surface area contributed by atoms with Crippen LogP contribution < -0.4 is 0 Å². The fraction of sp³-hybridized carbons (Fsp3) is 0.538. The predicted octanol–water partition coefficient (Wildman–Crippen LogP) is 0.337. The first-order chi connectivity index (χ1) is 8.91. The third kappa shape index (κ3) is 12.6. The molecule has 0 saturated heterocycles. The van der Waals surface area contributed by atoms with Gasteiger partial charge in [-0.25, -0.2) is 0 Å². The van der Waals surface area contributed by atoms with Crippen LogP contribution >= 0.6 is 0 Å². The average molecular weight is 272 g/mol. The Morgan fingerprint density at radius 1 is 0.947 bits per heavy atom. The Balaban J connectivity index is 3.81. The monoisotopic (exact) mass is 272 g/mol. The molecule has 0 heterocycles. The molecule has 0 amide bonds. The zero-order valence-electron chi connectivity index (χ0n) is 11.1. The van der Waals surface area contributed by atoms with E-state index in [1.807, 2.05) is 0 Å². The lowest BCUT2D eigenvalue weighted by molar-refractivity contribution is -0.140. The normalized spacial score (nSPS) is 14.5. The largest absolute Gasteiger partial charge is 0.462 e. The van der Waals surface area contributed by atoms with Crippen LogP contribution in [0.5, 0.6) is 0 Å². The quantitative estimate of drug-likeness (QED) is 0.489. The van der Waals surface area contributed by atoms with Gasteiger partial charge in [0.1, 0.15) is 13.2 Å². The van der Waals surface area contributed by atoms with Crippen molar-refractivity contribution in [3.05, 3.63) is 24.3 Å². The number of aliphatic hydroxyl groups excluding tert-OH is 2. The van der Waals surface area contributed by atoms with E-state index in [4.69, 9.17) is 0 Å². The van der Waals surface area contributed by atoms with E-state index in [0.29, 0.717) is 0 Å². The van der Waals surface area contributed by atoms with Crippen molar-refractivity contribution in [3.8, 4) is 0 Å². The third-order valence-electron chi connectivity index (χ3n) is 1.97. The van der Waals surface area contributed by atoms with E-state index >= 15 is 0 Å². The number of hydrogen-bond acceptors (Lipinski definition) is 6. The van der Waals surface area contributed by atoms with Crippen LogP contribution in [0.25, 0.3) is 0 Å². The SMILES string of the molecule is CC(=O)OC/C=C/[C@H](O)C[C@@H](O)/C=C/COC(C)=O. The summed E-state index contributed by atoms with van der Waals surface area (Å²) in [5.41, 5.74) is 0. The summed E-state index contributed by atoms with van der Waals surface area (Å²) in [4.78, 5) is 20.9. The number of hydrogen-bond donors (Lipinski definition) is 2. The number of esters is 2. The molecule has 0 spiro atoms. The molecule has 0 aromatic rings. The number of carbonyl (C=O) groups is 2. The predicted molar refractivity (Wildman–Crippen MR) is 68.2 cm³/mol. The van der Waals surface area contributed by atoms with E-state index in [-0.39, 0.29) is 19.6 Å². The van der Waals surface area contributed by atoms with E-state index in [1.54, 1.807) is 0 Å². The Hall–Kier alpha value is -1.66. The van der Waals surface area contributed by atoms with Gasteiger partial charge in [-0.2, -0.15) is 0 Å². The summed E-state index contributed by atoms with van der Waals surface area (Å²) in [6.07, 6.45) is 4.29. The minimum atomic E-state index is -0.844. The van der Waals surface area contributed by atoms with Crippen LogP contribution in [0, 0.1) is 0 Å². The molecule has 108 valence electrons. The molecule has 19 heavy (non-hydrogen) atoms. The van der Waals surface area contributed by atoms with Gasteiger partial charge in [-0.15, -0.1) is 0 Å². The summed E-state index contributed by atoms with van der Waals surface area (Å²) >= 11 is 0. The number of carbonyl (C=O) groups excluding carboxylic acids is 2. The lowest BCUT2D eigenvalue weighted by Crippen LogP contribution is -2.14. The van der Waals surface area contributed by atoms with Crippen molar-refractivity contribution in [1.82, 2.24) is 0 Å². The molecular weight excluding hydrogens is 252 g/mol. The molecule has 2 N–H and O–H groups in total. The molecule has 0 aliphatic heterocycles. The van der Waals surface area contributed by atoms with Crippen molar-refractivity contribution < 1.29 is 29.3 Å².